The summed E-state index contributed by atoms with van der Waals surface area (Å²) in [6.07, 6.45) is -2.93. The van der Waals surface area contributed by atoms with Crippen LogP contribution in [0.1, 0.15) is 23.4 Å². The van der Waals surface area contributed by atoms with Crippen molar-refractivity contribution in [2.75, 3.05) is 0 Å². The minimum atomic E-state index is -2.93. The van der Waals surface area contributed by atoms with E-state index in [9.17, 15) is 13.9 Å². The molecular weight excluding hydrogens is 214 g/mol. The van der Waals surface area contributed by atoms with Gasteiger partial charge in [-0.15, -0.1) is 11.6 Å². The molecule has 0 spiro atoms. The van der Waals surface area contributed by atoms with Crippen molar-refractivity contribution in [1.82, 2.24) is 4.98 Å². The molecule has 0 aliphatic heterocycles. The Bertz CT molecular complexity index is 390. The van der Waals surface area contributed by atoms with Crippen molar-refractivity contribution >= 4 is 11.6 Å². The lowest BCUT2D eigenvalue weighted by atomic mass is 10.2. The van der Waals surface area contributed by atoms with Gasteiger partial charge in [0.05, 0.1) is 17.1 Å². The molecule has 1 N–H and O–H groups in total. The van der Waals surface area contributed by atoms with Crippen LogP contribution in [0.5, 0.6) is 5.75 Å². The molecular formula is C8H5ClF2N2O. The van der Waals surface area contributed by atoms with Crippen molar-refractivity contribution in [3.05, 3.63) is 23.0 Å². The molecule has 1 rings (SSSR count). The largest absolute Gasteiger partial charge is 0.505 e. The monoisotopic (exact) mass is 218 g/mol. The SMILES string of the molecule is N#Cc1cc(CCl)nc(C(F)F)c1O. The zero-order valence-corrected chi connectivity index (χ0v) is 7.59. The maximum atomic E-state index is 12.3. The van der Waals surface area contributed by atoms with E-state index >= 15 is 0 Å². The van der Waals surface area contributed by atoms with Crippen LogP contribution in [0.2, 0.25) is 0 Å². The number of nitrogens with zero attached hydrogens (tertiary/aromatic N) is 2. The summed E-state index contributed by atoms with van der Waals surface area (Å²) in [6, 6.07) is 2.76. The summed E-state index contributed by atoms with van der Waals surface area (Å²) in [5.41, 5.74) is -0.915. The van der Waals surface area contributed by atoms with E-state index in [-0.39, 0.29) is 17.1 Å². The smallest absolute Gasteiger partial charge is 0.284 e. The van der Waals surface area contributed by atoms with E-state index in [4.69, 9.17) is 16.9 Å². The van der Waals surface area contributed by atoms with Crippen LogP contribution in [0.15, 0.2) is 6.07 Å². The lowest BCUT2D eigenvalue weighted by Crippen LogP contribution is -1.97. The molecule has 0 aliphatic rings. The van der Waals surface area contributed by atoms with E-state index < -0.39 is 17.9 Å². The van der Waals surface area contributed by atoms with Crippen LogP contribution in [0.25, 0.3) is 0 Å². The van der Waals surface area contributed by atoms with E-state index in [1.54, 1.807) is 6.07 Å². The number of pyridine rings is 1. The van der Waals surface area contributed by atoms with Gasteiger partial charge in [-0.2, -0.15) is 5.26 Å². The van der Waals surface area contributed by atoms with Gasteiger partial charge in [0.2, 0.25) is 0 Å². The second kappa shape index (κ2) is 4.20. The third-order valence-electron chi connectivity index (χ3n) is 1.54. The fourth-order valence-electron chi connectivity index (χ4n) is 0.919. The van der Waals surface area contributed by atoms with Gasteiger partial charge in [-0.1, -0.05) is 0 Å². The summed E-state index contributed by atoms with van der Waals surface area (Å²) in [6.45, 7) is 0. The van der Waals surface area contributed by atoms with Crippen molar-refractivity contribution in [1.29, 1.82) is 5.26 Å². The lowest BCUT2D eigenvalue weighted by Gasteiger charge is -2.05. The number of alkyl halides is 3. The Labute approximate surface area is 83.6 Å². The molecule has 3 nitrogen and oxygen atoms in total. The average molecular weight is 219 g/mol. The molecule has 0 amide bonds. The van der Waals surface area contributed by atoms with Crippen LogP contribution >= 0.6 is 11.6 Å². The Hall–Kier alpha value is -1.41. The Morgan fingerprint density at radius 3 is 2.71 bits per heavy atom. The summed E-state index contributed by atoms with van der Waals surface area (Å²) >= 11 is 5.39. The van der Waals surface area contributed by atoms with Gasteiger partial charge in [0.15, 0.2) is 5.75 Å². The first-order valence-electron chi connectivity index (χ1n) is 3.57. The van der Waals surface area contributed by atoms with Crippen molar-refractivity contribution in [3.8, 4) is 11.8 Å². The van der Waals surface area contributed by atoms with Crippen molar-refractivity contribution in [2.24, 2.45) is 0 Å². The van der Waals surface area contributed by atoms with Crippen LogP contribution in [-0.4, -0.2) is 10.1 Å². The zero-order chi connectivity index (χ0) is 10.7. The van der Waals surface area contributed by atoms with Crippen LogP contribution in [-0.2, 0) is 5.88 Å². The van der Waals surface area contributed by atoms with Gasteiger partial charge in [-0.3, -0.25) is 0 Å². The first-order chi connectivity index (χ1) is 6.60. The Morgan fingerprint density at radius 2 is 2.29 bits per heavy atom. The second-order valence-electron chi connectivity index (χ2n) is 2.44. The minimum absolute atomic E-state index is 0.0886. The standard InChI is InChI=1S/C8H5ClF2N2O/c9-2-5-1-4(3-12)7(14)6(13-5)8(10)11/h1,8,14H,2H2. The van der Waals surface area contributed by atoms with Crippen LogP contribution in [0.4, 0.5) is 8.78 Å². The molecule has 1 aromatic heterocycles. The van der Waals surface area contributed by atoms with Gasteiger partial charge in [0, 0.05) is 0 Å². The first kappa shape index (κ1) is 10.7. The first-order valence-corrected chi connectivity index (χ1v) is 4.10. The van der Waals surface area contributed by atoms with Gasteiger partial charge in [0.25, 0.3) is 6.43 Å². The van der Waals surface area contributed by atoms with Crippen molar-refractivity contribution in [2.45, 2.75) is 12.3 Å². The molecule has 0 fully saturated rings. The van der Waals surface area contributed by atoms with Crippen molar-refractivity contribution < 1.29 is 13.9 Å². The molecule has 74 valence electrons. The van der Waals surface area contributed by atoms with Gasteiger partial charge in [-0.25, -0.2) is 13.8 Å². The normalized spacial score (nSPS) is 10.2. The fraction of sp³-hybridized carbons (Fsp3) is 0.250. The average Bonchev–Trinajstić information content (AvgIpc) is 2.17. The number of aromatic hydroxyl groups is 1. The third-order valence-corrected chi connectivity index (χ3v) is 1.81. The zero-order valence-electron chi connectivity index (χ0n) is 6.84. The van der Waals surface area contributed by atoms with Crippen LogP contribution < -0.4 is 0 Å². The molecule has 0 saturated heterocycles. The maximum absolute atomic E-state index is 12.3. The number of halogens is 3. The second-order valence-corrected chi connectivity index (χ2v) is 2.71. The minimum Gasteiger partial charge on any atom is -0.505 e. The molecule has 0 saturated carbocycles. The molecule has 0 radical (unpaired) electrons. The summed E-state index contributed by atoms with van der Waals surface area (Å²) < 4.78 is 24.6. The highest BCUT2D eigenvalue weighted by Crippen LogP contribution is 2.29. The lowest BCUT2D eigenvalue weighted by molar-refractivity contribution is 0.141. The fourth-order valence-corrected chi connectivity index (χ4v) is 1.06. The number of aromatic nitrogens is 1. The van der Waals surface area contributed by atoms with E-state index in [1.807, 2.05) is 0 Å². The van der Waals surface area contributed by atoms with E-state index in [2.05, 4.69) is 4.98 Å². The molecule has 0 atom stereocenters. The number of hydrogen-bond donors (Lipinski definition) is 1. The predicted octanol–water partition coefficient (Wildman–Crippen LogP) is 2.34. The highest BCUT2D eigenvalue weighted by Gasteiger charge is 2.19. The maximum Gasteiger partial charge on any atom is 0.284 e. The Balaban J connectivity index is 3.36. The highest BCUT2D eigenvalue weighted by molar-refractivity contribution is 6.16. The Morgan fingerprint density at radius 1 is 1.64 bits per heavy atom. The highest BCUT2D eigenvalue weighted by atomic mass is 35.5. The molecule has 14 heavy (non-hydrogen) atoms. The van der Waals surface area contributed by atoms with Gasteiger partial charge >= 0.3 is 0 Å². The molecule has 0 aromatic carbocycles. The van der Waals surface area contributed by atoms with Crippen LogP contribution in [0.3, 0.4) is 0 Å². The van der Waals surface area contributed by atoms with E-state index in [0.29, 0.717) is 0 Å². The van der Waals surface area contributed by atoms with E-state index in [1.165, 1.54) is 6.07 Å². The van der Waals surface area contributed by atoms with Gasteiger partial charge in [-0.05, 0) is 6.07 Å². The summed E-state index contributed by atoms with van der Waals surface area (Å²) in [5.74, 6) is -0.870. The molecule has 6 heteroatoms. The summed E-state index contributed by atoms with van der Waals surface area (Å²) in [5, 5.41) is 17.7. The molecule has 0 aliphatic carbocycles. The topological polar surface area (TPSA) is 56.9 Å². The predicted molar refractivity (Wildman–Crippen MR) is 45.1 cm³/mol. The molecule has 1 aromatic rings. The molecule has 0 unspecified atom stereocenters. The number of nitriles is 1. The number of rotatable bonds is 2. The van der Waals surface area contributed by atoms with Gasteiger partial charge < -0.3 is 5.11 Å². The molecule has 1 heterocycles. The number of hydrogen-bond acceptors (Lipinski definition) is 3. The van der Waals surface area contributed by atoms with Crippen LogP contribution in [0, 0.1) is 11.3 Å². The third kappa shape index (κ3) is 1.91. The molecule has 0 bridgehead atoms. The summed E-state index contributed by atoms with van der Waals surface area (Å²) in [7, 11) is 0. The van der Waals surface area contributed by atoms with Crippen molar-refractivity contribution in [3.63, 3.8) is 0 Å². The van der Waals surface area contributed by atoms with E-state index in [0.717, 1.165) is 0 Å². The van der Waals surface area contributed by atoms with Gasteiger partial charge in [0.1, 0.15) is 11.8 Å². The Kier molecular flexibility index (Phi) is 3.20. The quantitative estimate of drug-likeness (QED) is 0.775. The summed E-state index contributed by atoms with van der Waals surface area (Å²) in [4.78, 5) is 3.42.